The van der Waals surface area contributed by atoms with E-state index >= 15 is 0 Å². The average Bonchev–Trinajstić information content (AvgIpc) is 3.55. The van der Waals surface area contributed by atoms with Gasteiger partial charge in [0, 0.05) is 24.7 Å². The first-order valence-corrected chi connectivity index (χ1v) is 11.4. The van der Waals surface area contributed by atoms with Crippen LogP contribution in [0, 0.1) is 34.9 Å². The molecule has 2 heterocycles. The van der Waals surface area contributed by atoms with Crippen molar-refractivity contribution in [3.05, 3.63) is 53.6 Å². The summed E-state index contributed by atoms with van der Waals surface area (Å²) in [7, 11) is -4.05. The summed E-state index contributed by atoms with van der Waals surface area (Å²) in [6.07, 6.45) is 2.18. The Hall–Kier alpha value is -3.02. The molecule has 1 aliphatic heterocycles. The highest BCUT2D eigenvalue weighted by molar-refractivity contribution is 7.89. The molecule has 1 saturated heterocycles. The maximum Gasteiger partial charge on any atom is 0.244 e. The zero-order valence-electron chi connectivity index (χ0n) is 16.9. The summed E-state index contributed by atoms with van der Waals surface area (Å²) in [4.78, 5) is 4.01. The second kappa shape index (κ2) is 8.49. The first kappa shape index (κ1) is 22.2. The van der Waals surface area contributed by atoms with Crippen LogP contribution in [0.2, 0.25) is 0 Å². The van der Waals surface area contributed by atoms with Crippen LogP contribution in [0.25, 0.3) is 0 Å². The summed E-state index contributed by atoms with van der Waals surface area (Å²) in [6, 6.07) is 8.12. The summed E-state index contributed by atoms with van der Waals surface area (Å²) < 4.78 is 46.6. The van der Waals surface area contributed by atoms with Gasteiger partial charge in [0.1, 0.15) is 39.9 Å². The normalized spacial score (nSPS) is 23.2. The first-order valence-electron chi connectivity index (χ1n) is 9.92. The van der Waals surface area contributed by atoms with Gasteiger partial charge in [-0.3, -0.25) is 0 Å². The predicted molar refractivity (Wildman–Crippen MR) is 110 cm³/mol. The van der Waals surface area contributed by atoms with Crippen molar-refractivity contribution in [2.24, 2.45) is 5.92 Å². The molecule has 166 valence electrons. The first-order chi connectivity index (χ1) is 15.2. The number of hydrogen-bond donors (Lipinski definition) is 2. The van der Waals surface area contributed by atoms with Gasteiger partial charge in [-0.2, -0.15) is 9.57 Å². The number of aliphatic hydroxyl groups excluding tert-OH is 1. The largest absolute Gasteiger partial charge is 0.486 e. The highest BCUT2D eigenvalue weighted by atomic mass is 32.2. The highest BCUT2D eigenvalue weighted by Gasteiger charge is 2.50. The SMILES string of the molecule is N#Cc1ccc(O[C@H]2CN(S(=O)(=O)c3ccc(C#CC4CC4)nc3)C[C@@]2(O)CO)cc1F. The molecule has 2 N–H and O–H groups in total. The van der Waals surface area contributed by atoms with Crippen molar-refractivity contribution in [1.29, 1.82) is 5.26 Å². The molecule has 0 unspecified atom stereocenters. The van der Waals surface area contributed by atoms with Gasteiger partial charge >= 0.3 is 0 Å². The van der Waals surface area contributed by atoms with Crippen LogP contribution in [0.5, 0.6) is 5.75 Å². The van der Waals surface area contributed by atoms with Crippen molar-refractivity contribution in [2.75, 3.05) is 19.7 Å². The topological polar surface area (TPSA) is 124 Å². The molecule has 2 aliphatic rings. The average molecular weight is 457 g/mol. The Bertz CT molecular complexity index is 1230. The molecule has 2 fully saturated rings. The molecule has 0 spiro atoms. The lowest BCUT2D eigenvalue weighted by Crippen LogP contribution is -2.48. The number of aliphatic hydroxyl groups is 2. The second-order valence-electron chi connectivity index (χ2n) is 7.84. The van der Waals surface area contributed by atoms with E-state index in [4.69, 9.17) is 10.00 Å². The maximum absolute atomic E-state index is 13.9. The fourth-order valence-electron chi connectivity index (χ4n) is 3.29. The van der Waals surface area contributed by atoms with Crippen LogP contribution < -0.4 is 4.74 Å². The van der Waals surface area contributed by atoms with E-state index < -0.39 is 40.7 Å². The molecule has 1 aliphatic carbocycles. The fraction of sp³-hybridized carbons (Fsp3) is 0.364. The van der Waals surface area contributed by atoms with Crippen LogP contribution in [0.4, 0.5) is 4.39 Å². The van der Waals surface area contributed by atoms with Crippen LogP contribution in [0.1, 0.15) is 24.1 Å². The Morgan fingerprint density at radius 2 is 2.09 bits per heavy atom. The molecule has 1 saturated carbocycles. The van der Waals surface area contributed by atoms with E-state index in [-0.39, 0.29) is 22.8 Å². The number of pyridine rings is 1. The molecule has 2 atom stereocenters. The van der Waals surface area contributed by atoms with Gasteiger partial charge in [0.2, 0.25) is 10.0 Å². The zero-order chi connectivity index (χ0) is 22.9. The summed E-state index contributed by atoms with van der Waals surface area (Å²) in [5.41, 5.74) is -1.61. The molecule has 10 heteroatoms. The monoisotopic (exact) mass is 457 g/mol. The molecule has 1 aromatic carbocycles. The Morgan fingerprint density at radius 1 is 1.31 bits per heavy atom. The van der Waals surface area contributed by atoms with Crippen molar-refractivity contribution in [3.8, 4) is 23.7 Å². The number of hydrogen-bond acceptors (Lipinski definition) is 7. The number of benzene rings is 1. The van der Waals surface area contributed by atoms with Crippen molar-refractivity contribution in [1.82, 2.24) is 9.29 Å². The lowest BCUT2D eigenvalue weighted by molar-refractivity contribution is -0.0641. The van der Waals surface area contributed by atoms with E-state index in [9.17, 15) is 23.0 Å². The lowest BCUT2D eigenvalue weighted by atomic mass is 10.0. The second-order valence-corrected chi connectivity index (χ2v) is 9.78. The minimum absolute atomic E-state index is 0.00196. The fourth-order valence-corrected chi connectivity index (χ4v) is 4.74. The van der Waals surface area contributed by atoms with Crippen LogP contribution in [-0.2, 0) is 10.0 Å². The van der Waals surface area contributed by atoms with Gasteiger partial charge in [0.15, 0.2) is 0 Å². The molecule has 0 bridgehead atoms. The van der Waals surface area contributed by atoms with Gasteiger partial charge in [-0.1, -0.05) is 5.92 Å². The van der Waals surface area contributed by atoms with E-state index in [2.05, 4.69) is 16.8 Å². The minimum Gasteiger partial charge on any atom is -0.486 e. The third kappa shape index (κ3) is 4.45. The molecule has 4 rings (SSSR count). The van der Waals surface area contributed by atoms with Crippen molar-refractivity contribution in [2.45, 2.75) is 29.4 Å². The maximum atomic E-state index is 13.9. The number of aromatic nitrogens is 1. The quantitative estimate of drug-likeness (QED) is 0.643. The molecule has 8 nitrogen and oxygen atoms in total. The van der Waals surface area contributed by atoms with Gasteiger partial charge in [0.25, 0.3) is 0 Å². The Kier molecular flexibility index (Phi) is 5.89. The van der Waals surface area contributed by atoms with Crippen LogP contribution in [0.3, 0.4) is 0 Å². The molecule has 1 aromatic heterocycles. The number of nitrogens with zero attached hydrogens (tertiary/aromatic N) is 3. The van der Waals surface area contributed by atoms with E-state index in [1.165, 1.54) is 30.5 Å². The number of ether oxygens (including phenoxy) is 1. The van der Waals surface area contributed by atoms with Gasteiger partial charge in [-0.15, -0.1) is 0 Å². The van der Waals surface area contributed by atoms with E-state index in [1.807, 2.05) is 0 Å². The summed E-state index contributed by atoms with van der Waals surface area (Å²) in [5.74, 6) is 5.54. The summed E-state index contributed by atoms with van der Waals surface area (Å²) >= 11 is 0. The number of halogens is 1. The number of sulfonamides is 1. The number of rotatable bonds is 5. The third-order valence-electron chi connectivity index (χ3n) is 5.39. The Labute approximate surface area is 184 Å². The smallest absolute Gasteiger partial charge is 0.244 e. The van der Waals surface area contributed by atoms with Gasteiger partial charge in [0.05, 0.1) is 18.7 Å². The molecule has 0 amide bonds. The molecule has 0 radical (unpaired) electrons. The van der Waals surface area contributed by atoms with Gasteiger partial charge < -0.3 is 14.9 Å². The van der Waals surface area contributed by atoms with E-state index in [0.29, 0.717) is 11.6 Å². The molecular formula is C22H20FN3O5S. The number of β-amino-alcohol motifs (C(OH)–C–C–N with tert-alkyl or cyclic N) is 1. The van der Waals surface area contributed by atoms with E-state index in [1.54, 1.807) is 6.07 Å². The zero-order valence-corrected chi connectivity index (χ0v) is 17.7. The summed E-state index contributed by atoms with van der Waals surface area (Å²) in [5, 5.41) is 29.3. The molecule has 2 aromatic rings. The highest BCUT2D eigenvalue weighted by Crippen LogP contribution is 2.31. The minimum atomic E-state index is -4.05. The van der Waals surface area contributed by atoms with Crippen LogP contribution >= 0.6 is 0 Å². The van der Waals surface area contributed by atoms with Crippen molar-refractivity contribution < 1.29 is 27.8 Å². The molecular weight excluding hydrogens is 437 g/mol. The van der Waals surface area contributed by atoms with Gasteiger partial charge in [-0.05, 0) is 43.0 Å². The van der Waals surface area contributed by atoms with E-state index in [0.717, 1.165) is 23.2 Å². The van der Waals surface area contributed by atoms with Crippen molar-refractivity contribution in [3.63, 3.8) is 0 Å². The Balaban J connectivity index is 1.53. The predicted octanol–water partition coefficient (Wildman–Crippen LogP) is 1.03. The van der Waals surface area contributed by atoms with Crippen LogP contribution in [-0.4, -0.2) is 59.3 Å². The van der Waals surface area contributed by atoms with Crippen molar-refractivity contribution >= 4 is 10.0 Å². The standard InChI is InChI=1S/C22H20FN3O5S/c23-20-9-18(7-4-16(20)10-24)31-21-12-26(13-22(21,28)14-27)32(29,30)19-8-6-17(25-11-19)5-3-15-1-2-15/h4,6-9,11,15,21,27-28H,1-2,12-14H2/t21-,22+/m0/s1. The number of nitriles is 1. The third-order valence-corrected chi connectivity index (χ3v) is 7.18. The molecule has 32 heavy (non-hydrogen) atoms. The lowest BCUT2D eigenvalue weighted by Gasteiger charge is -2.27. The van der Waals surface area contributed by atoms with Crippen LogP contribution in [0.15, 0.2) is 41.4 Å². The summed E-state index contributed by atoms with van der Waals surface area (Å²) in [6.45, 7) is -1.46. The van der Waals surface area contributed by atoms with Gasteiger partial charge in [-0.25, -0.2) is 17.8 Å². The Morgan fingerprint density at radius 3 is 2.69 bits per heavy atom.